The summed E-state index contributed by atoms with van der Waals surface area (Å²) in [6.07, 6.45) is 2.28. The number of hydrogen-bond donors (Lipinski definition) is 0. The van der Waals surface area contributed by atoms with Crippen LogP contribution in [0.25, 0.3) is 11.3 Å². The Morgan fingerprint density at radius 2 is 1.95 bits per heavy atom. The Bertz CT molecular complexity index is 588. The van der Waals surface area contributed by atoms with Gasteiger partial charge in [0.15, 0.2) is 0 Å². The van der Waals surface area contributed by atoms with E-state index < -0.39 is 5.41 Å². The van der Waals surface area contributed by atoms with Crippen molar-refractivity contribution >= 4 is 11.3 Å². The fourth-order valence-corrected chi connectivity index (χ4v) is 2.78. The summed E-state index contributed by atoms with van der Waals surface area (Å²) in [6.45, 7) is 5.99. The van der Waals surface area contributed by atoms with Crippen LogP contribution in [0.2, 0.25) is 0 Å². The van der Waals surface area contributed by atoms with Gasteiger partial charge in [-0.2, -0.15) is 5.26 Å². The summed E-state index contributed by atoms with van der Waals surface area (Å²) in [6, 6.07) is 10.8. The van der Waals surface area contributed by atoms with Crippen molar-refractivity contribution in [2.45, 2.75) is 39.0 Å². The lowest BCUT2D eigenvalue weighted by Gasteiger charge is -2.10. The van der Waals surface area contributed by atoms with Gasteiger partial charge in [-0.25, -0.2) is 4.98 Å². The molecule has 0 amide bonds. The van der Waals surface area contributed by atoms with Gasteiger partial charge in [-0.05, 0) is 25.8 Å². The Kier molecular flexibility index (Phi) is 4.01. The van der Waals surface area contributed by atoms with Gasteiger partial charge in [-0.3, -0.25) is 0 Å². The summed E-state index contributed by atoms with van der Waals surface area (Å²) < 4.78 is 0. The minimum absolute atomic E-state index is 0.509. The van der Waals surface area contributed by atoms with Gasteiger partial charge in [0.1, 0.15) is 10.4 Å². The van der Waals surface area contributed by atoms with Crippen LogP contribution in [0.3, 0.4) is 0 Å². The van der Waals surface area contributed by atoms with E-state index in [1.54, 1.807) is 11.3 Å². The molecule has 0 aliphatic rings. The zero-order valence-corrected chi connectivity index (χ0v) is 12.4. The Morgan fingerprint density at radius 1 is 1.26 bits per heavy atom. The van der Waals surface area contributed by atoms with E-state index in [1.165, 1.54) is 5.56 Å². The topological polar surface area (TPSA) is 36.7 Å². The molecule has 0 bridgehead atoms. The lowest BCUT2D eigenvalue weighted by molar-refractivity contribution is 0.680. The smallest absolute Gasteiger partial charge is 0.113 e. The molecule has 1 heterocycles. The van der Waals surface area contributed by atoms with E-state index >= 15 is 0 Å². The molecule has 98 valence electrons. The zero-order valence-electron chi connectivity index (χ0n) is 11.6. The van der Waals surface area contributed by atoms with Gasteiger partial charge in [-0.1, -0.05) is 37.6 Å². The first-order valence-corrected chi connectivity index (χ1v) is 7.41. The molecule has 0 spiro atoms. The van der Waals surface area contributed by atoms with Gasteiger partial charge in [0.25, 0.3) is 0 Å². The quantitative estimate of drug-likeness (QED) is 0.816. The van der Waals surface area contributed by atoms with Crippen molar-refractivity contribution in [3.63, 3.8) is 0 Å². The SMILES string of the molecule is CCCc1ccc(-c2csc(C(C)(C)C#N)n2)cc1. The molecule has 19 heavy (non-hydrogen) atoms. The lowest BCUT2D eigenvalue weighted by atomic mass is 9.97. The average Bonchev–Trinajstić information content (AvgIpc) is 2.90. The summed E-state index contributed by atoms with van der Waals surface area (Å²) in [5.74, 6) is 0. The number of aromatic nitrogens is 1. The largest absolute Gasteiger partial charge is 0.240 e. The van der Waals surface area contributed by atoms with Crippen LogP contribution >= 0.6 is 11.3 Å². The molecule has 1 aromatic carbocycles. The number of hydrogen-bond acceptors (Lipinski definition) is 3. The number of nitrogens with zero attached hydrogens (tertiary/aromatic N) is 2. The highest BCUT2D eigenvalue weighted by Gasteiger charge is 2.23. The van der Waals surface area contributed by atoms with Crippen molar-refractivity contribution in [3.05, 3.63) is 40.2 Å². The molecule has 0 aliphatic carbocycles. The van der Waals surface area contributed by atoms with Gasteiger partial charge in [0.2, 0.25) is 0 Å². The minimum atomic E-state index is -0.509. The summed E-state index contributed by atoms with van der Waals surface area (Å²) in [4.78, 5) is 4.59. The predicted molar refractivity (Wildman–Crippen MR) is 80.2 cm³/mol. The van der Waals surface area contributed by atoms with E-state index in [0.29, 0.717) is 0 Å². The van der Waals surface area contributed by atoms with Crippen LogP contribution < -0.4 is 0 Å². The molecule has 0 saturated heterocycles. The average molecular weight is 270 g/mol. The molecule has 0 radical (unpaired) electrons. The molecule has 2 aromatic rings. The fraction of sp³-hybridized carbons (Fsp3) is 0.375. The lowest BCUT2D eigenvalue weighted by Crippen LogP contribution is -2.13. The second kappa shape index (κ2) is 5.54. The van der Waals surface area contributed by atoms with Gasteiger partial charge >= 0.3 is 0 Å². The van der Waals surface area contributed by atoms with Crippen LogP contribution in [0.5, 0.6) is 0 Å². The Hall–Kier alpha value is -1.66. The normalized spacial score (nSPS) is 11.3. The number of nitriles is 1. The molecule has 0 atom stereocenters. The maximum absolute atomic E-state index is 9.14. The van der Waals surface area contributed by atoms with Gasteiger partial charge < -0.3 is 0 Å². The summed E-state index contributed by atoms with van der Waals surface area (Å²) in [7, 11) is 0. The highest BCUT2D eigenvalue weighted by atomic mass is 32.1. The number of aryl methyl sites for hydroxylation is 1. The summed E-state index contributed by atoms with van der Waals surface area (Å²) >= 11 is 1.56. The number of rotatable bonds is 4. The van der Waals surface area contributed by atoms with Crippen molar-refractivity contribution in [3.8, 4) is 17.3 Å². The maximum atomic E-state index is 9.14. The Morgan fingerprint density at radius 3 is 2.53 bits per heavy atom. The van der Waals surface area contributed by atoms with Gasteiger partial charge in [0, 0.05) is 10.9 Å². The monoisotopic (exact) mass is 270 g/mol. The molecule has 2 rings (SSSR count). The van der Waals surface area contributed by atoms with Gasteiger partial charge in [0.05, 0.1) is 11.8 Å². The molecular formula is C16H18N2S. The van der Waals surface area contributed by atoms with E-state index in [2.05, 4.69) is 42.2 Å². The van der Waals surface area contributed by atoms with E-state index in [1.807, 2.05) is 19.2 Å². The molecule has 0 fully saturated rings. The van der Waals surface area contributed by atoms with E-state index in [4.69, 9.17) is 5.26 Å². The van der Waals surface area contributed by atoms with Crippen molar-refractivity contribution in [2.75, 3.05) is 0 Å². The number of benzene rings is 1. The van der Waals surface area contributed by atoms with Crippen molar-refractivity contribution in [1.29, 1.82) is 5.26 Å². The molecular weight excluding hydrogens is 252 g/mol. The third-order valence-electron chi connectivity index (χ3n) is 3.11. The standard InChI is InChI=1S/C16H18N2S/c1-4-5-12-6-8-13(9-7-12)14-10-19-15(18-14)16(2,3)11-17/h6-10H,4-5H2,1-3H3. The van der Waals surface area contributed by atoms with E-state index in [0.717, 1.165) is 29.1 Å². The first-order valence-electron chi connectivity index (χ1n) is 6.53. The third-order valence-corrected chi connectivity index (χ3v) is 4.27. The van der Waals surface area contributed by atoms with E-state index in [-0.39, 0.29) is 0 Å². The molecule has 0 aliphatic heterocycles. The Labute approximate surface area is 118 Å². The van der Waals surface area contributed by atoms with Crippen LogP contribution in [-0.2, 0) is 11.8 Å². The first kappa shape index (κ1) is 13.8. The predicted octanol–water partition coefficient (Wildman–Crippen LogP) is 4.56. The second-order valence-corrected chi connectivity index (χ2v) is 6.08. The fourth-order valence-electron chi connectivity index (χ4n) is 1.87. The molecule has 0 saturated carbocycles. The van der Waals surface area contributed by atoms with Gasteiger partial charge in [-0.15, -0.1) is 11.3 Å². The first-order chi connectivity index (χ1) is 9.06. The highest BCUT2D eigenvalue weighted by Crippen LogP contribution is 2.30. The van der Waals surface area contributed by atoms with Crippen LogP contribution in [0, 0.1) is 11.3 Å². The molecule has 3 heteroatoms. The van der Waals surface area contributed by atoms with Crippen molar-refractivity contribution in [1.82, 2.24) is 4.98 Å². The number of thiazole rings is 1. The third kappa shape index (κ3) is 3.02. The summed E-state index contributed by atoms with van der Waals surface area (Å²) in [5, 5.41) is 12.0. The maximum Gasteiger partial charge on any atom is 0.113 e. The van der Waals surface area contributed by atoms with Crippen LogP contribution in [0.15, 0.2) is 29.6 Å². The molecule has 2 nitrogen and oxygen atoms in total. The molecule has 0 N–H and O–H groups in total. The van der Waals surface area contributed by atoms with Crippen LogP contribution in [-0.4, -0.2) is 4.98 Å². The minimum Gasteiger partial charge on any atom is -0.240 e. The summed E-state index contributed by atoms with van der Waals surface area (Å²) in [5.41, 5.74) is 2.94. The van der Waals surface area contributed by atoms with Crippen molar-refractivity contribution in [2.24, 2.45) is 0 Å². The second-order valence-electron chi connectivity index (χ2n) is 5.22. The van der Waals surface area contributed by atoms with Crippen LogP contribution in [0.4, 0.5) is 0 Å². The highest BCUT2D eigenvalue weighted by molar-refractivity contribution is 7.10. The molecule has 1 aromatic heterocycles. The van der Waals surface area contributed by atoms with Crippen molar-refractivity contribution < 1.29 is 0 Å². The van der Waals surface area contributed by atoms with Crippen LogP contribution in [0.1, 0.15) is 37.8 Å². The Balaban J connectivity index is 2.26. The zero-order chi connectivity index (χ0) is 13.9. The molecule has 0 unspecified atom stereocenters. The van der Waals surface area contributed by atoms with E-state index in [9.17, 15) is 0 Å².